The highest BCUT2D eigenvalue weighted by atomic mass is 16.3. The van der Waals surface area contributed by atoms with E-state index in [9.17, 15) is 9.90 Å². The minimum atomic E-state index is -0.406. The van der Waals surface area contributed by atoms with Crippen LogP contribution in [0.2, 0.25) is 0 Å². The molecule has 0 bridgehead atoms. The van der Waals surface area contributed by atoms with Gasteiger partial charge >= 0.3 is 6.03 Å². The molecule has 1 heterocycles. The fourth-order valence-corrected chi connectivity index (χ4v) is 2.68. The molecule has 0 radical (unpaired) electrons. The third kappa shape index (κ3) is 5.76. The van der Waals surface area contributed by atoms with E-state index in [-0.39, 0.29) is 24.5 Å². The zero-order chi connectivity index (χ0) is 17.7. The van der Waals surface area contributed by atoms with Gasteiger partial charge in [-0.15, -0.1) is 0 Å². The Balaban J connectivity index is 1.86. The molecule has 1 fully saturated rings. The van der Waals surface area contributed by atoms with Crippen molar-refractivity contribution in [3.05, 3.63) is 29.3 Å². The maximum atomic E-state index is 12.2. The first-order chi connectivity index (χ1) is 11.3. The Morgan fingerprint density at radius 2 is 2.08 bits per heavy atom. The van der Waals surface area contributed by atoms with Crippen molar-refractivity contribution in [2.75, 3.05) is 11.9 Å². The molecule has 1 aliphatic rings. The van der Waals surface area contributed by atoms with E-state index in [1.54, 1.807) is 6.92 Å². The van der Waals surface area contributed by atoms with Crippen molar-refractivity contribution in [3.8, 4) is 0 Å². The largest absolute Gasteiger partial charge is 0.392 e. The van der Waals surface area contributed by atoms with E-state index >= 15 is 0 Å². The third-order valence-corrected chi connectivity index (χ3v) is 4.11. The zero-order valence-corrected chi connectivity index (χ0v) is 14.8. The molecular weight excluding hydrogens is 306 g/mol. The first kappa shape index (κ1) is 18.7. The van der Waals surface area contributed by atoms with Crippen LogP contribution < -0.4 is 26.6 Å². The Hall–Kier alpha value is -1.67. The molecule has 4 atom stereocenters. The lowest BCUT2D eigenvalue weighted by atomic mass is 10.1. The number of rotatable bonds is 5. The van der Waals surface area contributed by atoms with Crippen LogP contribution >= 0.6 is 0 Å². The van der Waals surface area contributed by atoms with E-state index in [4.69, 9.17) is 0 Å². The van der Waals surface area contributed by atoms with Crippen LogP contribution in [0.15, 0.2) is 18.2 Å². The molecule has 7 heteroatoms. The van der Waals surface area contributed by atoms with Crippen molar-refractivity contribution in [3.63, 3.8) is 0 Å². The quantitative estimate of drug-likeness (QED) is 0.482. The summed E-state index contributed by atoms with van der Waals surface area (Å²) in [6, 6.07) is 5.79. The van der Waals surface area contributed by atoms with Crippen molar-refractivity contribution in [1.82, 2.24) is 21.3 Å². The minimum absolute atomic E-state index is 0.0303. The van der Waals surface area contributed by atoms with E-state index in [2.05, 4.69) is 33.5 Å². The highest BCUT2D eigenvalue weighted by Gasteiger charge is 2.25. The molecule has 6 N–H and O–H groups in total. The van der Waals surface area contributed by atoms with Crippen molar-refractivity contribution >= 4 is 11.7 Å². The van der Waals surface area contributed by atoms with E-state index in [1.165, 1.54) is 5.56 Å². The Labute approximate surface area is 143 Å². The second kappa shape index (κ2) is 8.43. The maximum absolute atomic E-state index is 12.2. The van der Waals surface area contributed by atoms with Crippen LogP contribution in [0.4, 0.5) is 10.5 Å². The van der Waals surface area contributed by atoms with Crippen molar-refractivity contribution in [1.29, 1.82) is 0 Å². The summed E-state index contributed by atoms with van der Waals surface area (Å²) in [4.78, 5) is 12.2. The fraction of sp³-hybridized carbons (Fsp3) is 0.588. The van der Waals surface area contributed by atoms with Gasteiger partial charge in [0.1, 0.15) is 6.29 Å². The number of aliphatic hydroxyl groups is 1. The highest BCUT2D eigenvalue weighted by molar-refractivity contribution is 5.89. The predicted molar refractivity (Wildman–Crippen MR) is 95.7 cm³/mol. The summed E-state index contributed by atoms with van der Waals surface area (Å²) in [7, 11) is 0. The Bertz CT molecular complexity index is 564. The summed E-state index contributed by atoms with van der Waals surface area (Å²) in [6.45, 7) is 8.36. The van der Waals surface area contributed by atoms with Crippen LogP contribution in [-0.4, -0.2) is 42.3 Å². The van der Waals surface area contributed by atoms with Gasteiger partial charge in [-0.25, -0.2) is 4.79 Å². The van der Waals surface area contributed by atoms with Crippen LogP contribution in [0.1, 0.15) is 31.4 Å². The topological polar surface area (TPSA) is 97.5 Å². The molecule has 0 saturated carbocycles. The standard InChI is InChI=1S/C17H29N5O2/c1-10-5-6-14(7-11(10)2)20-17(24)22-16-19-12(3)8-15(21-16)18-9-13(4)23/h5-7,12-13,15-16,18-19,21,23H,8-9H2,1-4H3,(H2,20,22,24). The van der Waals surface area contributed by atoms with Gasteiger partial charge in [0.2, 0.25) is 0 Å². The summed E-state index contributed by atoms with van der Waals surface area (Å²) in [5, 5.41) is 24.9. The SMILES string of the molecule is Cc1ccc(NC(=O)NC2NC(C)CC(NCC(C)O)N2)cc1C. The first-order valence-electron chi connectivity index (χ1n) is 8.42. The second-order valence-electron chi connectivity index (χ2n) is 6.61. The minimum Gasteiger partial charge on any atom is -0.392 e. The number of aliphatic hydroxyl groups excluding tert-OH is 1. The number of hydrogen-bond donors (Lipinski definition) is 6. The first-order valence-corrected chi connectivity index (χ1v) is 8.42. The van der Waals surface area contributed by atoms with Gasteiger partial charge < -0.3 is 15.7 Å². The van der Waals surface area contributed by atoms with Crippen LogP contribution in [0.3, 0.4) is 0 Å². The monoisotopic (exact) mass is 335 g/mol. The highest BCUT2D eigenvalue weighted by Crippen LogP contribution is 2.14. The van der Waals surface area contributed by atoms with Crippen molar-refractivity contribution < 1.29 is 9.90 Å². The summed E-state index contributed by atoms with van der Waals surface area (Å²) in [6.07, 6.45) is 0.148. The summed E-state index contributed by atoms with van der Waals surface area (Å²) < 4.78 is 0. The molecule has 1 aromatic carbocycles. The fourth-order valence-electron chi connectivity index (χ4n) is 2.68. The smallest absolute Gasteiger partial charge is 0.321 e. The third-order valence-electron chi connectivity index (χ3n) is 4.11. The van der Waals surface area contributed by atoms with Gasteiger partial charge in [-0.1, -0.05) is 6.07 Å². The molecule has 7 nitrogen and oxygen atoms in total. The molecule has 2 rings (SSSR count). The number of carbonyl (C=O) groups is 1. The van der Waals surface area contributed by atoms with Crippen molar-refractivity contribution in [2.45, 2.75) is 58.7 Å². The van der Waals surface area contributed by atoms with Crippen LogP contribution in [0, 0.1) is 13.8 Å². The maximum Gasteiger partial charge on any atom is 0.321 e. The number of carbonyl (C=O) groups excluding carboxylic acids is 1. The lowest BCUT2D eigenvalue weighted by molar-refractivity contribution is 0.155. The van der Waals surface area contributed by atoms with Gasteiger partial charge in [-0.2, -0.15) is 0 Å². The number of anilines is 1. The number of hydrogen-bond acceptors (Lipinski definition) is 5. The lowest BCUT2D eigenvalue weighted by Crippen LogP contribution is -2.68. The molecule has 2 amide bonds. The van der Waals surface area contributed by atoms with Gasteiger partial charge in [0.05, 0.1) is 12.3 Å². The molecule has 134 valence electrons. The molecule has 0 aromatic heterocycles. The molecule has 24 heavy (non-hydrogen) atoms. The van der Waals surface area contributed by atoms with Crippen LogP contribution in [0.25, 0.3) is 0 Å². The summed E-state index contributed by atoms with van der Waals surface area (Å²) in [5.74, 6) is 0. The second-order valence-corrected chi connectivity index (χ2v) is 6.61. The average Bonchev–Trinajstić information content (AvgIpc) is 2.48. The number of urea groups is 1. The molecule has 1 saturated heterocycles. The van der Waals surface area contributed by atoms with E-state index in [0.717, 1.165) is 17.7 Å². The average molecular weight is 335 g/mol. The van der Waals surface area contributed by atoms with Gasteiger partial charge in [0.15, 0.2) is 0 Å². The van der Waals surface area contributed by atoms with E-state index in [0.29, 0.717) is 6.54 Å². The Morgan fingerprint density at radius 1 is 1.33 bits per heavy atom. The summed E-state index contributed by atoms with van der Waals surface area (Å²) >= 11 is 0. The zero-order valence-electron chi connectivity index (χ0n) is 14.8. The van der Waals surface area contributed by atoms with Gasteiger partial charge in [0, 0.05) is 18.3 Å². The molecule has 4 unspecified atom stereocenters. The van der Waals surface area contributed by atoms with Gasteiger partial charge in [-0.05, 0) is 57.4 Å². The molecule has 0 spiro atoms. The Morgan fingerprint density at radius 3 is 2.75 bits per heavy atom. The molecule has 1 aliphatic heterocycles. The number of amides is 2. The van der Waals surface area contributed by atoms with Gasteiger partial charge in [0.25, 0.3) is 0 Å². The van der Waals surface area contributed by atoms with Gasteiger partial charge in [-0.3, -0.25) is 16.0 Å². The molecular formula is C17H29N5O2. The number of benzene rings is 1. The summed E-state index contributed by atoms with van der Waals surface area (Å²) in [5.41, 5.74) is 3.10. The molecule has 1 aromatic rings. The van der Waals surface area contributed by atoms with E-state index < -0.39 is 6.10 Å². The molecule has 0 aliphatic carbocycles. The lowest BCUT2D eigenvalue weighted by Gasteiger charge is -2.37. The predicted octanol–water partition coefficient (Wildman–Crippen LogP) is 0.976. The van der Waals surface area contributed by atoms with Crippen molar-refractivity contribution in [2.24, 2.45) is 0 Å². The van der Waals surface area contributed by atoms with Crippen LogP contribution in [0.5, 0.6) is 0 Å². The number of aryl methyl sites for hydroxylation is 2. The normalized spacial score (nSPS) is 25.1. The van der Waals surface area contributed by atoms with Crippen LogP contribution in [-0.2, 0) is 0 Å². The van der Waals surface area contributed by atoms with E-state index in [1.807, 2.05) is 32.0 Å². The number of nitrogens with one attached hydrogen (secondary N) is 5. The Kier molecular flexibility index (Phi) is 6.56.